The highest BCUT2D eigenvalue weighted by Crippen LogP contribution is 2.27. The predicted molar refractivity (Wildman–Crippen MR) is 131 cm³/mol. The van der Waals surface area contributed by atoms with Crippen molar-refractivity contribution in [3.63, 3.8) is 0 Å². The molecule has 1 aliphatic carbocycles. The van der Waals surface area contributed by atoms with Crippen molar-refractivity contribution in [2.24, 2.45) is 4.99 Å². The normalized spacial score (nSPS) is 13.9. The number of rotatable bonds is 8. The number of alkyl carbamates (subject to hydrolysis) is 1. The molecule has 2 rings (SSSR count). The quantitative estimate of drug-likeness (QED) is 0.204. The van der Waals surface area contributed by atoms with Gasteiger partial charge in [-0.15, -0.1) is 35.3 Å². The Morgan fingerprint density at radius 2 is 1.90 bits per heavy atom. The van der Waals surface area contributed by atoms with Gasteiger partial charge in [-0.1, -0.05) is 0 Å². The molecule has 1 heterocycles. The number of aromatic nitrogens is 1. The lowest BCUT2D eigenvalue weighted by Crippen LogP contribution is -2.42. The van der Waals surface area contributed by atoms with E-state index in [1.54, 1.807) is 0 Å². The van der Waals surface area contributed by atoms with Crippen LogP contribution in [0.3, 0.4) is 0 Å². The number of hydrogen-bond donors (Lipinski definition) is 3. The monoisotopic (exact) mass is 537 g/mol. The maximum absolute atomic E-state index is 11.6. The smallest absolute Gasteiger partial charge is 0.407 e. The van der Waals surface area contributed by atoms with Crippen LogP contribution in [-0.4, -0.2) is 48.8 Å². The molecule has 0 bridgehead atoms. The SMILES string of the molecule is CCNC(=NCCCc1nc2c(s1)CCCC2)NCCNC(=O)OC(C)(C)C.I. The van der Waals surface area contributed by atoms with Crippen LogP contribution in [0, 0.1) is 0 Å². The number of fused-ring (bicyclic) bond motifs is 1. The second-order valence-electron chi connectivity index (χ2n) is 7.90. The summed E-state index contributed by atoms with van der Waals surface area (Å²) in [6.45, 7) is 10.2. The van der Waals surface area contributed by atoms with Crippen molar-refractivity contribution in [3.05, 3.63) is 15.6 Å². The van der Waals surface area contributed by atoms with Gasteiger partial charge in [-0.05, 0) is 59.8 Å². The first kappa shape index (κ1) is 25.9. The summed E-state index contributed by atoms with van der Waals surface area (Å²) in [4.78, 5) is 22.5. The Morgan fingerprint density at radius 1 is 1.17 bits per heavy atom. The summed E-state index contributed by atoms with van der Waals surface area (Å²) in [5, 5.41) is 10.4. The van der Waals surface area contributed by atoms with Gasteiger partial charge in [0.25, 0.3) is 0 Å². The molecule has 3 N–H and O–H groups in total. The molecular weight excluding hydrogens is 501 g/mol. The van der Waals surface area contributed by atoms with E-state index >= 15 is 0 Å². The van der Waals surface area contributed by atoms with Gasteiger partial charge in [0.1, 0.15) is 5.60 Å². The Bertz CT molecular complexity index is 634. The number of carbonyl (C=O) groups is 1. The number of ether oxygens (including phenoxy) is 1. The van der Waals surface area contributed by atoms with Crippen molar-refractivity contribution in [3.8, 4) is 0 Å². The van der Waals surface area contributed by atoms with Gasteiger partial charge in [-0.2, -0.15) is 0 Å². The third-order valence-electron chi connectivity index (χ3n) is 4.14. The van der Waals surface area contributed by atoms with Crippen LogP contribution in [-0.2, 0) is 24.0 Å². The van der Waals surface area contributed by atoms with Gasteiger partial charge >= 0.3 is 6.09 Å². The minimum atomic E-state index is -0.482. The van der Waals surface area contributed by atoms with Crippen molar-refractivity contribution in [2.45, 2.75) is 71.8 Å². The molecule has 29 heavy (non-hydrogen) atoms. The number of hydrogen-bond acceptors (Lipinski definition) is 5. The minimum Gasteiger partial charge on any atom is -0.444 e. The first-order valence-corrected chi connectivity index (χ1v) is 11.2. The Hall–Kier alpha value is -1.10. The largest absolute Gasteiger partial charge is 0.444 e. The number of amides is 1. The van der Waals surface area contributed by atoms with Crippen LogP contribution < -0.4 is 16.0 Å². The van der Waals surface area contributed by atoms with Gasteiger partial charge in [0.2, 0.25) is 0 Å². The van der Waals surface area contributed by atoms with Crippen molar-refractivity contribution < 1.29 is 9.53 Å². The average molecular weight is 538 g/mol. The standard InChI is InChI=1S/C20H35N5O2S.HI/c1-5-21-18(23-13-14-24-19(26)27-20(2,3)4)22-12-8-11-17-25-15-9-6-7-10-16(15)28-17;/h5-14H2,1-4H3,(H,24,26)(H2,21,22,23);1H. The van der Waals surface area contributed by atoms with Crippen molar-refractivity contribution in [2.75, 3.05) is 26.2 Å². The lowest BCUT2D eigenvalue weighted by Gasteiger charge is -2.19. The zero-order valence-corrected chi connectivity index (χ0v) is 21.2. The highest BCUT2D eigenvalue weighted by molar-refractivity contribution is 14.0. The zero-order chi connectivity index (χ0) is 20.4. The topological polar surface area (TPSA) is 87.6 Å². The molecule has 0 atom stereocenters. The number of aliphatic imine (C=N–C) groups is 1. The molecule has 1 amide bonds. The van der Waals surface area contributed by atoms with Gasteiger partial charge in [-0.25, -0.2) is 9.78 Å². The van der Waals surface area contributed by atoms with Crippen LogP contribution in [0.5, 0.6) is 0 Å². The summed E-state index contributed by atoms with van der Waals surface area (Å²) in [6.07, 6.45) is 6.51. The number of guanidine groups is 1. The molecule has 7 nitrogen and oxygen atoms in total. The Balaban J connectivity index is 0.00000420. The first-order valence-electron chi connectivity index (χ1n) is 10.3. The van der Waals surface area contributed by atoms with E-state index in [4.69, 9.17) is 9.72 Å². The predicted octanol–water partition coefficient (Wildman–Crippen LogP) is 3.65. The Morgan fingerprint density at radius 3 is 2.59 bits per heavy atom. The fraction of sp³-hybridized carbons (Fsp3) is 0.750. The van der Waals surface area contributed by atoms with E-state index in [1.165, 1.54) is 34.8 Å². The van der Waals surface area contributed by atoms with E-state index in [0.29, 0.717) is 13.1 Å². The number of nitrogens with zero attached hydrogens (tertiary/aromatic N) is 2. The minimum absolute atomic E-state index is 0. The molecule has 1 aromatic heterocycles. The molecule has 1 aromatic rings. The molecule has 0 aromatic carbocycles. The second-order valence-corrected chi connectivity index (χ2v) is 9.07. The van der Waals surface area contributed by atoms with Crippen LogP contribution in [0.1, 0.15) is 62.5 Å². The lowest BCUT2D eigenvalue weighted by atomic mass is 10.0. The molecule has 166 valence electrons. The summed E-state index contributed by atoms with van der Waals surface area (Å²) >= 11 is 1.88. The van der Waals surface area contributed by atoms with Crippen molar-refractivity contribution in [1.29, 1.82) is 0 Å². The van der Waals surface area contributed by atoms with Crippen molar-refractivity contribution >= 4 is 47.4 Å². The zero-order valence-electron chi connectivity index (χ0n) is 18.1. The fourth-order valence-corrected chi connectivity index (χ4v) is 4.13. The van der Waals surface area contributed by atoms with Gasteiger partial charge in [0.15, 0.2) is 5.96 Å². The summed E-state index contributed by atoms with van der Waals surface area (Å²) in [5.41, 5.74) is 0.854. The van der Waals surface area contributed by atoms with E-state index in [1.807, 2.05) is 39.0 Å². The maximum Gasteiger partial charge on any atom is 0.407 e. The van der Waals surface area contributed by atoms with Crippen LogP contribution >= 0.6 is 35.3 Å². The first-order chi connectivity index (χ1) is 13.4. The summed E-state index contributed by atoms with van der Waals surface area (Å²) in [6, 6.07) is 0. The number of aryl methyl sites for hydroxylation is 3. The molecular formula is C20H36IN5O2S. The van der Waals surface area contributed by atoms with Gasteiger partial charge < -0.3 is 20.7 Å². The highest BCUT2D eigenvalue weighted by Gasteiger charge is 2.16. The van der Waals surface area contributed by atoms with E-state index < -0.39 is 11.7 Å². The van der Waals surface area contributed by atoms with Crippen LogP contribution in [0.15, 0.2) is 4.99 Å². The average Bonchev–Trinajstić information content (AvgIpc) is 3.03. The van der Waals surface area contributed by atoms with E-state index in [-0.39, 0.29) is 24.0 Å². The summed E-state index contributed by atoms with van der Waals surface area (Å²) < 4.78 is 5.22. The van der Waals surface area contributed by atoms with Crippen LogP contribution in [0.4, 0.5) is 4.79 Å². The molecule has 9 heteroatoms. The number of halogens is 1. The number of thiazole rings is 1. The third kappa shape index (κ3) is 10.5. The molecule has 0 aliphatic heterocycles. The highest BCUT2D eigenvalue weighted by atomic mass is 127. The lowest BCUT2D eigenvalue weighted by molar-refractivity contribution is 0.0529. The second kappa shape index (κ2) is 13.3. The van der Waals surface area contributed by atoms with E-state index in [9.17, 15) is 4.79 Å². The Labute approximate surface area is 195 Å². The van der Waals surface area contributed by atoms with E-state index in [2.05, 4.69) is 20.9 Å². The van der Waals surface area contributed by atoms with Gasteiger partial charge in [0, 0.05) is 37.5 Å². The maximum atomic E-state index is 11.6. The van der Waals surface area contributed by atoms with Gasteiger partial charge in [0.05, 0.1) is 10.7 Å². The summed E-state index contributed by atoms with van der Waals surface area (Å²) in [5.74, 6) is 0.770. The molecule has 0 saturated carbocycles. The van der Waals surface area contributed by atoms with Crippen LogP contribution in [0.2, 0.25) is 0 Å². The molecule has 0 spiro atoms. The Kier molecular flexibility index (Phi) is 11.9. The van der Waals surface area contributed by atoms with E-state index in [0.717, 1.165) is 38.3 Å². The summed E-state index contributed by atoms with van der Waals surface area (Å²) in [7, 11) is 0. The van der Waals surface area contributed by atoms with Gasteiger partial charge in [-0.3, -0.25) is 4.99 Å². The van der Waals surface area contributed by atoms with Crippen molar-refractivity contribution in [1.82, 2.24) is 20.9 Å². The van der Waals surface area contributed by atoms with Crippen LogP contribution in [0.25, 0.3) is 0 Å². The third-order valence-corrected chi connectivity index (χ3v) is 5.36. The number of carbonyl (C=O) groups excluding carboxylic acids is 1. The molecule has 1 aliphatic rings. The fourth-order valence-electron chi connectivity index (χ4n) is 2.93. The number of nitrogens with one attached hydrogen (secondary N) is 3. The molecule has 0 unspecified atom stereocenters. The molecule has 0 radical (unpaired) electrons. The molecule has 0 saturated heterocycles. The molecule has 0 fully saturated rings.